The first-order valence-corrected chi connectivity index (χ1v) is 12.8. The lowest BCUT2D eigenvalue weighted by atomic mass is 10.0. The maximum Gasteiger partial charge on any atom is 0.417 e. The van der Waals surface area contributed by atoms with Crippen molar-refractivity contribution in [1.82, 2.24) is 25.1 Å². The lowest BCUT2D eigenvalue weighted by molar-refractivity contribution is -0.137. The second kappa shape index (κ2) is 9.72. The molecule has 0 amide bonds. The highest BCUT2D eigenvalue weighted by molar-refractivity contribution is 14.1. The molecule has 32 heavy (non-hydrogen) atoms. The van der Waals surface area contributed by atoms with Crippen LogP contribution in [-0.4, -0.2) is 30.1 Å². The first-order chi connectivity index (χ1) is 15.5. The average molecular weight is 556 g/mol. The summed E-state index contributed by atoms with van der Waals surface area (Å²) in [6, 6.07) is 5.43. The van der Waals surface area contributed by atoms with Gasteiger partial charge in [-0.1, -0.05) is 47.2 Å². The molecule has 0 atom stereocenters. The Morgan fingerprint density at radius 2 is 1.75 bits per heavy atom. The van der Waals surface area contributed by atoms with Crippen LogP contribution in [0.1, 0.15) is 60.7 Å². The molecule has 2 aliphatic carbocycles. The zero-order valence-corrected chi connectivity index (χ0v) is 19.8. The predicted molar refractivity (Wildman–Crippen MR) is 125 cm³/mol. The number of rotatable bonds is 4. The molecule has 2 N–H and O–H groups in total. The van der Waals surface area contributed by atoms with E-state index in [2.05, 4.69) is 53.1 Å². The van der Waals surface area contributed by atoms with E-state index in [1.807, 2.05) is 4.93 Å². The molecule has 0 saturated heterocycles. The Kier molecular flexibility index (Phi) is 6.96. The lowest BCUT2D eigenvalue weighted by Crippen LogP contribution is -2.11. The van der Waals surface area contributed by atoms with Crippen LogP contribution < -0.4 is 5.32 Å². The van der Waals surface area contributed by atoms with Gasteiger partial charge in [0.1, 0.15) is 11.6 Å². The fourth-order valence-corrected chi connectivity index (χ4v) is 3.90. The summed E-state index contributed by atoms with van der Waals surface area (Å²) in [5.74, 6) is 2.21. The van der Waals surface area contributed by atoms with E-state index in [-0.39, 0.29) is 11.4 Å². The van der Waals surface area contributed by atoms with Crippen LogP contribution in [0.2, 0.25) is 0 Å². The van der Waals surface area contributed by atoms with Crippen molar-refractivity contribution in [2.45, 2.75) is 57.0 Å². The molecule has 5 rings (SSSR count). The summed E-state index contributed by atoms with van der Waals surface area (Å²) in [4.78, 5) is 15.5. The Hall–Kier alpha value is -2.24. The Labute approximate surface area is 198 Å². The minimum absolute atomic E-state index is 0.0197. The lowest BCUT2D eigenvalue weighted by Gasteiger charge is -2.16. The van der Waals surface area contributed by atoms with Crippen LogP contribution in [0.3, 0.4) is 0 Å². The molecule has 170 valence electrons. The Balaban J connectivity index is 0.00000119. The highest BCUT2D eigenvalue weighted by Crippen LogP contribution is 2.39. The first-order valence-electron chi connectivity index (χ1n) is 10.6. The van der Waals surface area contributed by atoms with Crippen LogP contribution in [-0.2, 0) is 19.0 Å². The van der Waals surface area contributed by atoms with Crippen LogP contribution in [0.25, 0.3) is 11.4 Å². The molecule has 2 heterocycles. The number of halogens is 4. The number of hydrogen-bond acceptors (Lipinski definition) is 5. The SMILES string of the molecule is CI.FC(F)(F)c1ccccc1-c1nc2c(c(Nc3n[nH]c(C4CC4)n3)n1)CCCCC2. The van der Waals surface area contributed by atoms with Gasteiger partial charge in [-0.25, -0.2) is 9.97 Å². The molecule has 0 bridgehead atoms. The van der Waals surface area contributed by atoms with Gasteiger partial charge < -0.3 is 5.32 Å². The Morgan fingerprint density at radius 3 is 2.50 bits per heavy atom. The molecular formula is C22H24F3IN6. The molecular weight excluding hydrogens is 532 g/mol. The van der Waals surface area contributed by atoms with Crippen molar-refractivity contribution in [1.29, 1.82) is 0 Å². The van der Waals surface area contributed by atoms with Crippen LogP contribution in [0.15, 0.2) is 24.3 Å². The van der Waals surface area contributed by atoms with Gasteiger partial charge in [0.05, 0.1) is 5.56 Å². The largest absolute Gasteiger partial charge is 0.417 e. The van der Waals surface area contributed by atoms with Crippen molar-refractivity contribution in [2.24, 2.45) is 0 Å². The van der Waals surface area contributed by atoms with Gasteiger partial charge in [-0.3, -0.25) is 5.10 Å². The normalized spacial score (nSPS) is 15.9. The van der Waals surface area contributed by atoms with E-state index in [9.17, 15) is 13.2 Å². The maximum atomic E-state index is 13.6. The third-order valence-electron chi connectivity index (χ3n) is 5.60. The van der Waals surface area contributed by atoms with Crippen LogP contribution >= 0.6 is 22.6 Å². The molecule has 1 aromatic carbocycles. The third-order valence-corrected chi connectivity index (χ3v) is 5.60. The van der Waals surface area contributed by atoms with Crippen LogP contribution in [0.4, 0.5) is 24.9 Å². The van der Waals surface area contributed by atoms with Gasteiger partial charge in [0.2, 0.25) is 5.95 Å². The number of anilines is 2. The topological polar surface area (TPSA) is 79.4 Å². The quantitative estimate of drug-likeness (QED) is 0.227. The molecule has 3 aromatic rings. The second-order valence-corrected chi connectivity index (χ2v) is 7.87. The fraction of sp³-hybridized carbons (Fsp3) is 0.455. The van der Waals surface area contributed by atoms with Gasteiger partial charge in [-0.15, -0.1) is 5.10 Å². The number of aromatic nitrogens is 5. The van der Waals surface area contributed by atoms with Gasteiger partial charge in [-0.05, 0) is 49.5 Å². The van der Waals surface area contributed by atoms with Crippen LogP contribution in [0, 0.1) is 0 Å². The standard InChI is InChI=1S/C21H21F3N6.CH3I/c22-21(23,24)15-8-5-4-6-13(15)18-25-16-9-3-1-2-7-14(16)19(26-18)28-20-27-17(29-30-20)12-10-11-12;1-2/h4-6,8,12H,1-3,7,9-11H2,(H2,25,26,27,28,29,30);1H3. The summed E-state index contributed by atoms with van der Waals surface area (Å²) in [6.45, 7) is 0. The van der Waals surface area contributed by atoms with Gasteiger partial charge in [-0.2, -0.15) is 18.2 Å². The number of fused-ring (bicyclic) bond motifs is 1. The highest BCUT2D eigenvalue weighted by atomic mass is 127. The number of aryl methyl sites for hydroxylation is 1. The molecule has 0 spiro atoms. The van der Waals surface area contributed by atoms with Gasteiger partial charge >= 0.3 is 6.18 Å². The third kappa shape index (κ3) is 5.05. The van der Waals surface area contributed by atoms with Crippen molar-refractivity contribution in [3.05, 3.63) is 46.9 Å². The Morgan fingerprint density at radius 1 is 1.00 bits per heavy atom. The molecule has 2 aliphatic rings. The number of hydrogen-bond donors (Lipinski definition) is 2. The summed E-state index contributed by atoms with van der Waals surface area (Å²) in [5, 5.41) is 10.3. The maximum absolute atomic E-state index is 13.6. The number of nitrogens with zero attached hydrogens (tertiary/aromatic N) is 4. The summed E-state index contributed by atoms with van der Waals surface area (Å²) in [5.41, 5.74) is 0.987. The van der Waals surface area contributed by atoms with Gasteiger partial charge in [0.15, 0.2) is 5.82 Å². The minimum Gasteiger partial charge on any atom is -0.307 e. The highest BCUT2D eigenvalue weighted by Gasteiger charge is 2.34. The number of H-pyrrole nitrogens is 1. The Bertz CT molecular complexity index is 1080. The van der Waals surface area contributed by atoms with Crippen molar-refractivity contribution in [2.75, 3.05) is 10.2 Å². The summed E-state index contributed by atoms with van der Waals surface area (Å²) in [7, 11) is 0. The predicted octanol–water partition coefficient (Wildman–Crippen LogP) is 6.22. The van der Waals surface area contributed by atoms with E-state index >= 15 is 0 Å². The number of nitrogens with one attached hydrogen (secondary N) is 2. The van der Waals surface area contributed by atoms with Crippen molar-refractivity contribution >= 4 is 34.4 Å². The number of benzene rings is 1. The summed E-state index contributed by atoms with van der Waals surface area (Å²) >= 11 is 2.15. The fourth-order valence-electron chi connectivity index (χ4n) is 3.90. The summed E-state index contributed by atoms with van der Waals surface area (Å²) in [6.07, 6.45) is 2.20. The molecule has 0 unspecified atom stereocenters. The van der Waals surface area contributed by atoms with E-state index in [4.69, 9.17) is 0 Å². The van der Waals surface area contributed by atoms with Crippen LogP contribution in [0.5, 0.6) is 0 Å². The number of aromatic amines is 1. The zero-order chi connectivity index (χ0) is 22.7. The summed E-state index contributed by atoms with van der Waals surface area (Å²) < 4.78 is 40.7. The van der Waals surface area contributed by atoms with Crippen molar-refractivity contribution < 1.29 is 13.2 Å². The van der Waals surface area contributed by atoms with Gasteiger partial charge in [0, 0.05) is 22.7 Å². The first kappa shape index (κ1) is 22.9. The monoisotopic (exact) mass is 556 g/mol. The average Bonchev–Trinajstić information content (AvgIpc) is 3.58. The molecule has 6 nitrogen and oxygen atoms in total. The van der Waals surface area contributed by atoms with E-state index in [1.165, 1.54) is 12.1 Å². The van der Waals surface area contributed by atoms with Crippen molar-refractivity contribution in [3.63, 3.8) is 0 Å². The van der Waals surface area contributed by atoms with E-state index in [0.717, 1.165) is 68.1 Å². The smallest absolute Gasteiger partial charge is 0.307 e. The molecule has 0 aliphatic heterocycles. The van der Waals surface area contributed by atoms with Gasteiger partial charge in [0.25, 0.3) is 0 Å². The van der Waals surface area contributed by atoms with E-state index in [0.29, 0.717) is 17.7 Å². The van der Waals surface area contributed by atoms with E-state index < -0.39 is 11.7 Å². The second-order valence-electron chi connectivity index (χ2n) is 7.87. The molecule has 1 fully saturated rings. The number of alkyl halides is 4. The molecule has 0 radical (unpaired) electrons. The van der Waals surface area contributed by atoms with E-state index in [1.54, 1.807) is 6.07 Å². The van der Waals surface area contributed by atoms with Crippen molar-refractivity contribution in [3.8, 4) is 11.4 Å². The molecule has 10 heteroatoms. The zero-order valence-electron chi connectivity index (χ0n) is 17.6. The molecule has 2 aromatic heterocycles. The molecule has 1 saturated carbocycles. The minimum atomic E-state index is -4.48.